The van der Waals surface area contributed by atoms with E-state index in [0.717, 1.165) is 31.2 Å². The van der Waals surface area contributed by atoms with E-state index in [1.54, 1.807) is 18.2 Å². The van der Waals surface area contributed by atoms with Crippen molar-refractivity contribution in [3.05, 3.63) is 40.9 Å². The zero-order valence-electron chi connectivity index (χ0n) is 11.6. The number of carbonyl (C=O) groups is 2. The van der Waals surface area contributed by atoms with Crippen molar-refractivity contribution in [2.24, 2.45) is 0 Å². The third kappa shape index (κ3) is 4.60. The molecule has 0 atom stereocenters. The maximum atomic E-state index is 12.0. The second kappa shape index (κ2) is 6.76. The Bertz CT molecular complexity index is 545. The number of aliphatic carboxylic acids is 1. The second-order valence-corrected chi connectivity index (χ2v) is 5.87. The van der Waals surface area contributed by atoms with E-state index < -0.39 is 11.5 Å². The number of carboxylic acid groups (broad SMARTS) is 1. The van der Waals surface area contributed by atoms with Gasteiger partial charge in [0.2, 0.25) is 5.91 Å². The maximum Gasteiger partial charge on any atom is 0.305 e. The molecule has 2 rings (SSSR count). The fourth-order valence-corrected chi connectivity index (χ4v) is 2.86. The Morgan fingerprint density at radius 2 is 1.86 bits per heavy atom. The topological polar surface area (TPSA) is 66.4 Å². The van der Waals surface area contributed by atoms with E-state index >= 15 is 0 Å². The minimum Gasteiger partial charge on any atom is -0.481 e. The average molecular weight is 308 g/mol. The number of halogens is 1. The van der Waals surface area contributed by atoms with E-state index in [2.05, 4.69) is 5.32 Å². The Morgan fingerprint density at radius 1 is 1.24 bits per heavy atom. The highest BCUT2D eigenvalue weighted by atomic mass is 35.5. The molecule has 1 aromatic carbocycles. The first-order chi connectivity index (χ1) is 9.99. The standard InChI is InChI=1S/C16H18ClNO3/c17-13-6-3-12(4-7-13)5-8-14(19)18-16(11-15(20)21)9-1-2-10-16/h3-8H,1-2,9-11H2,(H,18,19)(H,20,21). The van der Waals surface area contributed by atoms with Gasteiger partial charge in [0.15, 0.2) is 0 Å². The van der Waals surface area contributed by atoms with Crippen LogP contribution in [0.3, 0.4) is 0 Å². The molecule has 1 aromatic rings. The van der Waals surface area contributed by atoms with Crippen LogP contribution >= 0.6 is 11.6 Å². The molecule has 0 radical (unpaired) electrons. The Kier molecular flexibility index (Phi) is 5.02. The van der Waals surface area contributed by atoms with Gasteiger partial charge in [-0.15, -0.1) is 0 Å². The van der Waals surface area contributed by atoms with Gasteiger partial charge in [-0.25, -0.2) is 0 Å². The fourth-order valence-electron chi connectivity index (χ4n) is 2.74. The Labute approximate surface area is 128 Å². The van der Waals surface area contributed by atoms with Crippen molar-refractivity contribution in [2.45, 2.75) is 37.6 Å². The van der Waals surface area contributed by atoms with Crippen LogP contribution < -0.4 is 5.32 Å². The highest BCUT2D eigenvalue weighted by Crippen LogP contribution is 2.32. The quantitative estimate of drug-likeness (QED) is 0.821. The summed E-state index contributed by atoms with van der Waals surface area (Å²) < 4.78 is 0. The van der Waals surface area contributed by atoms with E-state index in [9.17, 15) is 9.59 Å². The van der Waals surface area contributed by atoms with Gasteiger partial charge in [-0.05, 0) is 36.6 Å². The number of carboxylic acids is 1. The van der Waals surface area contributed by atoms with Crippen LogP contribution in [-0.2, 0) is 9.59 Å². The van der Waals surface area contributed by atoms with Gasteiger partial charge >= 0.3 is 5.97 Å². The summed E-state index contributed by atoms with van der Waals surface area (Å²) in [7, 11) is 0. The molecule has 112 valence electrons. The maximum absolute atomic E-state index is 12.0. The number of hydrogen-bond donors (Lipinski definition) is 2. The molecular weight excluding hydrogens is 290 g/mol. The molecule has 1 fully saturated rings. The van der Waals surface area contributed by atoms with Crippen LogP contribution in [0.1, 0.15) is 37.7 Å². The van der Waals surface area contributed by atoms with Crippen LogP contribution in [0.25, 0.3) is 6.08 Å². The first-order valence-corrected chi connectivity index (χ1v) is 7.35. The molecule has 2 N–H and O–H groups in total. The monoisotopic (exact) mass is 307 g/mol. The lowest BCUT2D eigenvalue weighted by Crippen LogP contribution is -2.47. The lowest BCUT2D eigenvalue weighted by Gasteiger charge is -2.28. The molecule has 4 nitrogen and oxygen atoms in total. The predicted octanol–water partition coefficient (Wildman–Crippen LogP) is 3.26. The third-order valence-corrected chi connectivity index (χ3v) is 3.99. The van der Waals surface area contributed by atoms with Crippen molar-refractivity contribution in [1.29, 1.82) is 0 Å². The van der Waals surface area contributed by atoms with Crippen LogP contribution in [0.5, 0.6) is 0 Å². The van der Waals surface area contributed by atoms with Crippen molar-refractivity contribution in [1.82, 2.24) is 5.32 Å². The van der Waals surface area contributed by atoms with Crippen LogP contribution in [0.15, 0.2) is 30.3 Å². The molecule has 0 heterocycles. The summed E-state index contributed by atoms with van der Waals surface area (Å²) in [5, 5.41) is 12.5. The van der Waals surface area contributed by atoms with Crippen LogP contribution in [0.2, 0.25) is 5.02 Å². The number of benzene rings is 1. The molecule has 1 aliphatic rings. The number of carbonyl (C=O) groups excluding carboxylic acids is 1. The number of hydrogen-bond acceptors (Lipinski definition) is 2. The van der Waals surface area contributed by atoms with Gasteiger partial charge in [-0.1, -0.05) is 36.6 Å². The molecular formula is C16H18ClNO3. The molecule has 5 heteroatoms. The summed E-state index contributed by atoms with van der Waals surface area (Å²) in [6, 6.07) is 7.13. The Hall–Kier alpha value is -1.81. The van der Waals surface area contributed by atoms with E-state index in [1.807, 2.05) is 12.1 Å². The van der Waals surface area contributed by atoms with Gasteiger partial charge in [-0.3, -0.25) is 9.59 Å². The van der Waals surface area contributed by atoms with Gasteiger partial charge in [0.1, 0.15) is 0 Å². The molecule has 0 aromatic heterocycles. The Balaban J connectivity index is 1.99. The molecule has 21 heavy (non-hydrogen) atoms. The van der Waals surface area contributed by atoms with Gasteiger partial charge in [-0.2, -0.15) is 0 Å². The minimum atomic E-state index is -0.876. The van der Waals surface area contributed by atoms with Crippen molar-refractivity contribution < 1.29 is 14.7 Å². The highest BCUT2D eigenvalue weighted by Gasteiger charge is 2.36. The van der Waals surface area contributed by atoms with E-state index in [4.69, 9.17) is 16.7 Å². The summed E-state index contributed by atoms with van der Waals surface area (Å²) in [6.45, 7) is 0. The molecule has 0 saturated heterocycles. The molecule has 0 unspecified atom stereocenters. The molecule has 1 aliphatic carbocycles. The van der Waals surface area contributed by atoms with Crippen molar-refractivity contribution >= 4 is 29.6 Å². The molecule has 0 bridgehead atoms. The zero-order valence-corrected chi connectivity index (χ0v) is 12.4. The molecule has 1 saturated carbocycles. The SMILES string of the molecule is O=C(O)CC1(NC(=O)C=Cc2ccc(Cl)cc2)CCCC1. The van der Waals surface area contributed by atoms with Gasteiger partial charge < -0.3 is 10.4 Å². The first kappa shape index (κ1) is 15.6. The normalized spacial score (nSPS) is 17.0. The lowest BCUT2D eigenvalue weighted by molar-refractivity contribution is -0.139. The van der Waals surface area contributed by atoms with Crippen LogP contribution in [0.4, 0.5) is 0 Å². The summed E-state index contributed by atoms with van der Waals surface area (Å²) in [6.07, 6.45) is 6.45. The number of nitrogens with one attached hydrogen (secondary N) is 1. The third-order valence-electron chi connectivity index (χ3n) is 3.74. The van der Waals surface area contributed by atoms with E-state index in [1.165, 1.54) is 6.08 Å². The summed E-state index contributed by atoms with van der Waals surface area (Å²) in [4.78, 5) is 23.0. The lowest BCUT2D eigenvalue weighted by atomic mass is 9.93. The smallest absolute Gasteiger partial charge is 0.305 e. The van der Waals surface area contributed by atoms with Gasteiger partial charge in [0.25, 0.3) is 0 Å². The van der Waals surface area contributed by atoms with Crippen LogP contribution in [0, 0.1) is 0 Å². The van der Waals surface area contributed by atoms with Gasteiger partial charge in [0, 0.05) is 11.1 Å². The molecule has 0 spiro atoms. The summed E-state index contributed by atoms with van der Waals surface area (Å²) in [5.74, 6) is -1.13. The largest absolute Gasteiger partial charge is 0.481 e. The van der Waals surface area contributed by atoms with Crippen molar-refractivity contribution in [2.75, 3.05) is 0 Å². The zero-order chi connectivity index (χ0) is 15.3. The average Bonchev–Trinajstić information content (AvgIpc) is 2.85. The Morgan fingerprint density at radius 3 is 2.43 bits per heavy atom. The number of amides is 1. The summed E-state index contributed by atoms with van der Waals surface area (Å²) in [5.41, 5.74) is 0.279. The van der Waals surface area contributed by atoms with Crippen molar-refractivity contribution in [3.8, 4) is 0 Å². The number of rotatable bonds is 5. The molecule has 1 amide bonds. The first-order valence-electron chi connectivity index (χ1n) is 6.97. The molecule has 0 aliphatic heterocycles. The van der Waals surface area contributed by atoms with Crippen LogP contribution in [-0.4, -0.2) is 22.5 Å². The highest BCUT2D eigenvalue weighted by molar-refractivity contribution is 6.30. The van der Waals surface area contributed by atoms with Gasteiger partial charge in [0.05, 0.1) is 12.0 Å². The van der Waals surface area contributed by atoms with Crippen molar-refractivity contribution in [3.63, 3.8) is 0 Å². The van der Waals surface area contributed by atoms with E-state index in [0.29, 0.717) is 5.02 Å². The van der Waals surface area contributed by atoms with E-state index in [-0.39, 0.29) is 12.3 Å². The summed E-state index contributed by atoms with van der Waals surface area (Å²) >= 11 is 5.80. The second-order valence-electron chi connectivity index (χ2n) is 5.43. The minimum absolute atomic E-state index is 0.0203. The fraction of sp³-hybridized carbons (Fsp3) is 0.375. The predicted molar refractivity (Wildman–Crippen MR) is 82.1 cm³/mol.